The zero-order valence-corrected chi connectivity index (χ0v) is 18.9. The molecule has 4 rings (SSSR count). The molecule has 32 heavy (non-hydrogen) atoms. The lowest BCUT2D eigenvalue weighted by Gasteiger charge is -2.13. The number of rotatable bonds is 6. The third kappa shape index (κ3) is 5.15. The Kier molecular flexibility index (Phi) is 6.84. The van der Waals surface area contributed by atoms with E-state index in [9.17, 15) is 14.0 Å². The molecule has 1 aliphatic rings. The number of benzene rings is 3. The number of imide groups is 1. The predicted octanol–water partition coefficient (Wildman–Crippen LogP) is 6.95. The van der Waals surface area contributed by atoms with E-state index in [-0.39, 0.29) is 23.9 Å². The minimum Gasteiger partial charge on any atom is -0.487 e. The summed E-state index contributed by atoms with van der Waals surface area (Å²) in [5.74, 6) is -0.469. The van der Waals surface area contributed by atoms with Gasteiger partial charge in [-0.25, -0.2) is 4.39 Å². The summed E-state index contributed by atoms with van der Waals surface area (Å²) < 4.78 is 19.1. The lowest BCUT2D eigenvalue weighted by molar-refractivity contribution is -0.123. The molecular weight excluding hydrogens is 472 g/mol. The van der Waals surface area contributed by atoms with Crippen molar-refractivity contribution in [3.63, 3.8) is 0 Å². The van der Waals surface area contributed by atoms with Crippen molar-refractivity contribution in [3.05, 3.63) is 104 Å². The number of carbonyl (C=O) groups is 2. The maximum atomic E-state index is 13.1. The summed E-state index contributed by atoms with van der Waals surface area (Å²) >= 11 is 13.3. The van der Waals surface area contributed by atoms with E-state index in [4.69, 9.17) is 27.9 Å². The fourth-order valence-electron chi connectivity index (χ4n) is 3.12. The first-order valence-electron chi connectivity index (χ1n) is 9.56. The topological polar surface area (TPSA) is 46.6 Å². The van der Waals surface area contributed by atoms with Gasteiger partial charge in [-0.3, -0.25) is 14.5 Å². The third-order valence-corrected chi connectivity index (χ3v) is 6.08. The second-order valence-corrected chi connectivity index (χ2v) is 8.81. The van der Waals surface area contributed by atoms with E-state index < -0.39 is 11.1 Å². The number of halogens is 3. The standard InChI is InChI=1S/C24H16Cl2FNO3S/c25-18-10-17(22(20(26)12-18)31-14-16-4-2-1-3-5-16)11-21-23(29)28(24(30)32-21)13-15-6-8-19(27)9-7-15/h1-12H,13-14H2/b21-11-. The van der Waals surface area contributed by atoms with Crippen molar-refractivity contribution in [3.8, 4) is 5.75 Å². The van der Waals surface area contributed by atoms with Crippen molar-refractivity contribution in [1.29, 1.82) is 0 Å². The van der Waals surface area contributed by atoms with Crippen molar-refractivity contribution in [1.82, 2.24) is 4.90 Å². The highest BCUT2D eigenvalue weighted by Gasteiger charge is 2.35. The van der Waals surface area contributed by atoms with Crippen LogP contribution in [0, 0.1) is 5.82 Å². The molecule has 2 amide bonds. The third-order valence-electron chi connectivity index (χ3n) is 4.68. The molecule has 4 nitrogen and oxygen atoms in total. The summed E-state index contributed by atoms with van der Waals surface area (Å²) in [6, 6.07) is 18.4. The molecule has 0 atom stereocenters. The van der Waals surface area contributed by atoms with Crippen molar-refractivity contribution >= 4 is 52.2 Å². The number of nitrogens with zero attached hydrogens (tertiary/aromatic N) is 1. The molecule has 0 spiro atoms. The van der Waals surface area contributed by atoms with Crippen molar-refractivity contribution < 1.29 is 18.7 Å². The van der Waals surface area contributed by atoms with Crippen LogP contribution in [0.5, 0.6) is 5.75 Å². The Morgan fingerprint density at radius 2 is 1.69 bits per heavy atom. The highest BCUT2D eigenvalue weighted by Crippen LogP contribution is 2.38. The molecule has 0 aromatic heterocycles. The van der Waals surface area contributed by atoms with E-state index in [2.05, 4.69) is 0 Å². The average molecular weight is 488 g/mol. The van der Waals surface area contributed by atoms with Gasteiger partial charge in [0.1, 0.15) is 18.2 Å². The summed E-state index contributed by atoms with van der Waals surface area (Å²) in [6.45, 7) is 0.324. The van der Waals surface area contributed by atoms with Crippen LogP contribution in [0.1, 0.15) is 16.7 Å². The Morgan fingerprint density at radius 1 is 0.969 bits per heavy atom. The first kappa shape index (κ1) is 22.4. The first-order chi connectivity index (χ1) is 15.4. The Morgan fingerprint density at radius 3 is 2.41 bits per heavy atom. The largest absolute Gasteiger partial charge is 0.487 e. The van der Waals surface area contributed by atoms with Gasteiger partial charge in [0.2, 0.25) is 0 Å². The molecule has 0 saturated carbocycles. The number of carbonyl (C=O) groups excluding carboxylic acids is 2. The maximum absolute atomic E-state index is 13.1. The van der Waals surface area contributed by atoms with Crippen molar-refractivity contribution in [2.24, 2.45) is 0 Å². The quantitative estimate of drug-likeness (QED) is 0.353. The maximum Gasteiger partial charge on any atom is 0.293 e. The zero-order chi connectivity index (χ0) is 22.7. The summed E-state index contributed by atoms with van der Waals surface area (Å²) in [5, 5.41) is 0.259. The zero-order valence-electron chi connectivity index (χ0n) is 16.6. The highest BCUT2D eigenvalue weighted by molar-refractivity contribution is 8.18. The molecule has 3 aromatic carbocycles. The van der Waals surface area contributed by atoms with Crippen LogP contribution in [0.3, 0.4) is 0 Å². The summed E-state index contributed by atoms with van der Waals surface area (Å²) in [4.78, 5) is 26.7. The van der Waals surface area contributed by atoms with E-state index in [0.29, 0.717) is 26.9 Å². The molecule has 0 N–H and O–H groups in total. The van der Waals surface area contributed by atoms with Gasteiger partial charge in [-0.1, -0.05) is 65.7 Å². The number of hydrogen-bond donors (Lipinski definition) is 0. The van der Waals surface area contributed by atoms with E-state index in [0.717, 1.165) is 22.2 Å². The van der Waals surface area contributed by atoms with Crippen molar-refractivity contribution in [2.45, 2.75) is 13.2 Å². The van der Waals surface area contributed by atoms with E-state index in [1.165, 1.54) is 24.3 Å². The molecule has 1 fully saturated rings. The van der Waals surface area contributed by atoms with E-state index in [1.807, 2.05) is 30.3 Å². The smallest absolute Gasteiger partial charge is 0.293 e. The molecule has 0 unspecified atom stereocenters. The van der Waals surface area contributed by atoms with Crippen LogP contribution in [0.2, 0.25) is 10.0 Å². The Labute approximate surface area is 198 Å². The molecule has 0 bridgehead atoms. The second kappa shape index (κ2) is 9.77. The molecule has 162 valence electrons. The summed E-state index contributed by atoms with van der Waals surface area (Å²) in [5.41, 5.74) is 2.09. The molecule has 1 saturated heterocycles. The van der Waals surface area contributed by atoms with Gasteiger partial charge in [-0.2, -0.15) is 0 Å². The van der Waals surface area contributed by atoms with Gasteiger partial charge >= 0.3 is 0 Å². The Bertz CT molecular complexity index is 1200. The molecule has 1 aliphatic heterocycles. The SMILES string of the molecule is O=C1S/C(=C\c2cc(Cl)cc(Cl)c2OCc2ccccc2)C(=O)N1Cc1ccc(F)cc1. The Balaban J connectivity index is 1.59. The van der Waals surface area contributed by atoms with Gasteiger partial charge in [-0.15, -0.1) is 0 Å². The van der Waals surface area contributed by atoms with Crippen LogP contribution >= 0.6 is 35.0 Å². The molecule has 3 aromatic rings. The van der Waals surface area contributed by atoms with Crippen molar-refractivity contribution in [2.75, 3.05) is 0 Å². The average Bonchev–Trinajstić information content (AvgIpc) is 3.02. The number of thioether (sulfide) groups is 1. The van der Waals surface area contributed by atoms with Crippen LogP contribution in [0.15, 0.2) is 71.6 Å². The van der Waals surface area contributed by atoms with Gasteiger partial charge in [0.15, 0.2) is 0 Å². The van der Waals surface area contributed by atoms with E-state index >= 15 is 0 Å². The summed E-state index contributed by atoms with van der Waals surface area (Å²) in [6.07, 6.45) is 1.55. The predicted molar refractivity (Wildman–Crippen MR) is 125 cm³/mol. The molecular formula is C24H16Cl2FNO3S. The minimum absolute atomic E-state index is 0.0515. The van der Waals surface area contributed by atoms with E-state index in [1.54, 1.807) is 18.2 Å². The summed E-state index contributed by atoms with van der Waals surface area (Å²) in [7, 11) is 0. The van der Waals surface area contributed by atoms with Crippen LogP contribution < -0.4 is 4.74 Å². The van der Waals surface area contributed by atoms with Gasteiger partial charge < -0.3 is 4.74 Å². The monoisotopic (exact) mass is 487 g/mol. The first-order valence-corrected chi connectivity index (χ1v) is 11.1. The molecule has 0 aliphatic carbocycles. The normalized spacial score (nSPS) is 15.0. The highest BCUT2D eigenvalue weighted by atomic mass is 35.5. The minimum atomic E-state index is -0.450. The van der Waals surface area contributed by atoms with Crippen LogP contribution in [0.4, 0.5) is 9.18 Å². The Hall–Kier alpha value is -2.80. The van der Waals surface area contributed by atoms with Crippen LogP contribution in [0.25, 0.3) is 6.08 Å². The number of ether oxygens (including phenoxy) is 1. The number of amides is 2. The lowest BCUT2D eigenvalue weighted by Crippen LogP contribution is -2.27. The van der Waals surface area contributed by atoms with Gasteiger partial charge in [0, 0.05) is 10.6 Å². The molecule has 1 heterocycles. The second-order valence-electron chi connectivity index (χ2n) is 6.97. The van der Waals surface area contributed by atoms with Gasteiger partial charge in [0.05, 0.1) is 16.5 Å². The molecule has 0 radical (unpaired) electrons. The lowest BCUT2D eigenvalue weighted by atomic mass is 10.1. The molecule has 8 heteroatoms. The number of hydrogen-bond acceptors (Lipinski definition) is 4. The fraction of sp³-hybridized carbons (Fsp3) is 0.0833. The van der Waals surface area contributed by atoms with Gasteiger partial charge in [-0.05, 0) is 53.2 Å². The fourth-order valence-corrected chi connectivity index (χ4v) is 4.51. The van der Waals surface area contributed by atoms with Crippen LogP contribution in [-0.4, -0.2) is 16.0 Å². The van der Waals surface area contributed by atoms with Crippen LogP contribution in [-0.2, 0) is 17.9 Å². The van der Waals surface area contributed by atoms with Gasteiger partial charge in [0.25, 0.3) is 11.1 Å².